The predicted molar refractivity (Wildman–Crippen MR) is 119 cm³/mol. The van der Waals surface area contributed by atoms with E-state index in [0.717, 1.165) is 24.1 Å². The van der Waals surface area contributed by atoms with Gasteiger partial charge in [-0.1, -0.05) is 6.92 Å². The highest BCUT2D eigenvalue weighted by atomic mass is 16.3. The monoisotopic (exact) mass is 439 g/mol. The van der Waals surface area contributed by atoms with Crippen LogP contribution in [0.25, 0.3) is 0 Å². The molecule has 2 aliphatic rings. The molecule has 1 aliphatic carbocycles. The highest BCUT2D eigenvalue weighted by molar-refractivity contribution is 5.98. The van der Waals surface area contributed by atoms with Gasteiger partial charge < -0.3 is 25.7 Å². The van der Waals surface area contributed by atoms with Gasteiger partial charge in [-0.3, -0.25) is 9.59 Å². The van der Waals surface area contributed by atoms with E-state index in [9.17, 15) is 19.8 Å². The summed E-state index contributed by atoms with van der Waals surface area (Å²) in [5, 5.41) is 24.6. The number of amides is 2. The second-order valence-corrected chi connectivity index (χ2v) is 8.58. The Kier molecular flexibility index (Phi) is 6.38. The van der Waals surface area contributed by atoms with Crippen LogP contribution in [0.3, 0.4) is 0 Å². The molecule has 4 N–H and O–H groups in total. The molecule has 1 aliphatic heterocycles. The van der Waals surface area contributed by atoms with Gasteiger partial charge >= 0.3 is 0 Å². The number of aliphatic hydroxyl groups is 2. The number of aromatic nitrogens is 2. The molecule has 2 amide bonds. The molecule has 32 heavy (non-hydrogen) atoms. The van der Waals surface area contributed by atoms with Crippen molar-refractivity contribution < 1.29 is 19.8 Å². The lowest BCUT2D eigenvalue weighted by atomic mass is 9.79. The smallest absolute Gasteiger partial charge is 0.251 e. The third-order valence-corrected chi connectivity index (χ3v) is 6.32. The number of fused-ring (bicyclic) bond motifs is 1. The van der Waals surface area contributed by atoms with E-state index < -0.39 is 11.9 Å². The Bertz CT molecular complexity index is 978. The number of nitrogens with zero attached hydrogens (tertiary/aromatic N) is 3. The number of carbonyl (C=O) groups excluding carboxylic acids is 2. The number of aliphatic hydroxyl groups excluding tert-OH is 2. The molecule has 2 aromatic rings. The summed E-state index contributed by atoms with van der Waals surface area (Å²) in [4.78, 5) is 35.9. The molecule has 9 heteroatoms. The van der Waals surface area contributed by atoms with Gasteiger partial charge in [0.1, 0.15) is 0 Å². The quantitative estimate of drug-likeness (QED) is 0.515. The van der Waals surface area contributed by atoms with Gasteiger partial charge in [-0.2, -0.15) is 0 Å². The third kappa shape index (κ3) is 4.31. The summed E-state index contributed by atoms with van der Waals surface area (Å²) in [6, 6.07) is 6.10. The Morgan fingerprint density at radius 3 is 2.47 bits per heavy atom. The summed E-state index contributed by atoms with van der Waals surface area (Å²) in [6.07, 6.45) is 5.51. The number of hydrogen-bond donors (Lipinski definition) is 4. The van der Waals surface area contributed by atoms with Gasteiger partial charge in [0.2, 0.25) is 11.9 Å². The number of hydrogen-bond acceptors (Lipinski definition) is 7. The molecule has 2 heterocycles. The van der Waals surface area contributed by atoms with Crippen molar-refractivity contribution in [3.63, 3.8) is 0 Å². The molecule has 0 spiro atoms. The standard InChI is InChI=1S/C23H29N5O4/c1-13-20(27-23-24-8-3-9-25-23)18-10-16(22(32)26-17(11-29)12-30)6-7-19(18)28(14(2)31)21(13)15-4-5-15/h3,6-10,13,15,17,20-21,29-30H,4-5,11-12H2,1-2H3,(H,26,32)(H,24,25,27)/t13-,20-,21-/m1/s1. The number of benzene rings is 1. The summed E-state index contributed by atoms with van der Waals surface area (Å²) in [6.45, 7) is 2.97. The third-order valence-electron chi connectivity index (χ3n) is 6.32. The predicted octanol–water partition coefficient (Wildman–Crippen LogP) is 1.49. The average Bonchev–Trinajstić information content (AvgIpc) is 3.64. The lowest BCUT2D eigenvalue weighted by molar-refractivity contribution is -0.117. The van der Waals surface area contributed by atoms with Crippen LogP contribution in [0, 0.1) is 11.8 Å². The van der Waals surface area contributed by atoms with E-state index in [2.05, 4.69) is 27.5 Å². The minimum absolute atomic E-state index is 0.0257. The highest BCUT2D eigenvalue weighted by Gasteiger charge is 2.47. The summed E-state index contributed by atoms with van der Waals surface area (Å²) in [5.74, 6) is 0.560. The molecule has 1 fully saturated rings. The average molecular weight is 440 g/mol. The lowest BCUT2D eigenvalue weighted by Crippen LogP contribution is -2.51. The van der Waals surface area contributed by atoms with Crippen molar-refractivity contribution in [3.05, 3.63) is 47.8 Å². The van der Waals surface area contributed by atoms with Crippen LogP contribution in [-0.4, -0.2) is 57.3 Å². The number of rotatable bonds is 7. The Morgan fingerprint density at radius 2 is 1.88 bits per heavy atom. The van der Waals surface area contributed by atoms with E-state index in [-0.39, 0.29) is 37.1 Å². The van der Waals surface area contributed by atoms with Gasteiger partial charge in [0.05, 0.1) is 25.3 Å². The van der Waals surface area contributed by atoms with E-state index in [1.807, 2.05) is 4.90 Å². The Balaban J connectivity index is 1.75. The van der Waals surface area contributed by atoms with Crippen LogP contribution in [0.1, 0.15) is 48.7 Å². The van der Waals surface area contributed by atoms with E-state index in [1.165, 1.54) is 0 Å². The first-order valence-corrected chi connectivity index (χ1v) is 10.9. The molecule has 0 saturated heterocycles. The molecule has 170 valence electrons. The summed E-state index contributed by atoms with van der Waals surface area (Å²) in [7, 11) is 0. The zero-order valence-electron chi connectivity index (χ0n) is 18.2. The van der Waals surface area contributed by atoms with Crippen LogP contribution in [0.2, 0.25) is 0 Å². The van der Waals surface area contributed by atoms with Gasteiger partial charge in [-0.25, -0.2) is 9.97 Å². The maximum absolute atomic E-state index is 12.7. The van der Waals surface area contributed by atoms with Gasteiger partial charge in [-0.05, 0) is 48.6 Å². The van der Waals surface area contributed by atoms with Crippen LogP contribution in [0.15, 0.2) is 36.7 Å². The van der Waals surface area contributed by atoms with Crippen molar-refractivity contribution in [3.8, 4) is 0 Å². The Morgan fingerprint density at radius 1 is 1.19 bits per heavy atom. The van der Waals surface area contributed by atoms with Crippen LogP contribution in [-0.2, 0) is 4.79 Å². The van der Waals surface area contributed by atoms with Gasteiger partial charge in [0, 0.05) is 42.5 Å². The molecular formula is C23H29N5O4. The highest BCUT2D eigenvalue weighted by Crippen LogP contribution is 2.50. The second-order valence-electron chi connectivity index (χ2n) is 8.58. The molecule has 0 bridgehead atoms. The Labute approximate surface area is 186 Å². The van der Waals surface area contributed by atoms with E-state index >= 15 is 0 Å². The van der Waals surface area contributed by atoms with Gasteiger partial charge in [0.25, 0.3) is 5.91 Å². The molecule has 0 radical (unpaired) electrons. The maximum Gasteiger partial charge on any atom is 0.251 e. The van der Waals surface area contributed by atoms with Crippen LogP contribution >= 0.6 is 0 Å². The minimum atomic E-state index is -0.739. The zero-order chi connectivity index (χ0) is 22.8. The van der Waals surface area contributed by atoms with Crippen molar-refractivity contribution in [1.29, 1.82) is 0 Å². The molecule has 1 saturated carbocycles. The summed E-state index contributed by atoms with van der Waals surface area (Å²) >= 11 is 0. The van der Waals surface area contributed by atoms with Gasteiger partial charge in [-0.15, -0.1) is 0 Å². The van der Waals surface area contributed by atoms with Crippen molar-refractivity contribution in [2.45, 2.75) is 44.8 Å². The maximum atomic E-state index is 12.7. The molecule has 3 atom stereocenters. The fourth-order valence-corrected chi connectivity index (χ4v) is 4.64. The normalized spacial score (nSPS) is 22.4. The molecule has 4 rings (SSSR count). The first-order valence-electron chi connectivity index (χ1n) is 10.9. The zero-order valence-corrected chi connectivity index (χ0v) is 18.2. The van der Waals surface area contributed by atoms with Crippen LogP contribution in [0.4, 0.5) is 11.6 Å². The first-order chi connectivity index (χ1) is 15.4. The fraction of sp³-hybridized carbons (Fsp3) is 0.478. The first kappa shape index (κ1) is 22.2. The minimum Gasteiger partial charge on any atom is -0.394 e. The van der Waals surface area contributed by atoms with Crippen LogP contribution < -0.4 is 15.5 Å². The number of nitrogens with one attached hydrogen (secondary N) is 2. The van der Waals surface area contributed by atoms with E-state index in [0.29, 0.717) is 17.4 Å². The number of carbonyl (C=O) groups is 2. The summed E-state index contributed by atoms with van der Waals surface area (Å²) in [5.41, 5.74) is 1.98. The largest absolute Gasteiger partial charge is 0.394 e. The lowest BCUT2D eigenvalue weighted by Gasteiger charge is -2.45. The second kappa shape index (κ2) is 9.22. The van der Waals surface area contributed by atoms with Crippen molar-refractivity contribution in [2.24, 2.45) is 11.8 Å². The molecule has 1 aromatic carbocycles. The van der Waals surface area contributed by atoms with Gasteiger partial charge in [0.15, 0.2) is 0 Å². The SMILES string of the molecule is CC(=O)N1c2ccc(C(=O)NC(CO)CO)cc2[C@H](Nc2ncccn2)[C@@H](C)[C@@H]1C1CC1. The molecular weight excluding hydrogens is 410 g/mol. The molecule has 0 unspecified atom stereocenters. The van der Waals surface area contributed by atoms with E-state index in [4.69, 9.17) is 0 Å². The van der Waals surface area contributed by atoms with E-state index in [1.54, 1.807) is 43.6 Å². The van der Waals surface area contributed by atoms with Crippen molar-refractivity contribution in [1.82, 2.24) is 15.3 Å². The molecule has 9 nitrogen and oxygen atoms in total. The topological polar surface area (TPSA) is 128 Å². The Hall–Kier alpha value is -3.04. The number of anilines is 2. The summed E-state index contributed by atoms with van der Waals surface area (Å²) < 4.78 is 0. The molecule has 1 aromatic heterocycles. The van der Waals surface area contributed by atoms with Crippen molar-refractivity contribution >= 4 is 23.5 Å². The fourth-order valence-electron chi connectivity index (χ4n) is 4.64. The van der Waals surface area contributed by atoms with Crippen LogP contribution in [0.5, 0.6) is 0 Å². The van der Waals surface area contributed by atoms with Crippen molar-refractivity contribution in [2.75, 3.05) is 23.4 Å².